The molecule has 106 valence electrons. The Kier molecular flexibility index (Phi) is 5.26. The van der Waals surface area contributed by atoms with Crippen LogP contribution in [0.15, 0.2) is 30.3 Å². The van der Waals surface area contributed by atoms with Crippen molar-refractivity contribution in [2.24, 2.45) is 5.41 Å². The van der Waals surface area contributed by atoms with E-state index in [1.54, 1.807) is 0 Å². The fourth-order valence-electron chi connectivity index (χ4n) is 2.27. The lowest BCUT2D eigenvalue weighted by Crippen LogP contribution is -2.33. The van der Waals surface area contributed by atoms with E-state index in [-0.39, 0.29) is 0 Å². The van der Waals surface area contributed by atoms with Crippen LogP contribution in [0.2, 0.25) is 0 Å². The number of ether oxygens (including phenoxy) is 1. The normalized spacial score (nSPS) is 18.0. The molecule has 0 radical (unpaired) electrons. The SMILES string of the molecule is CCC(C)(CCCOc1ccccc1)CNC1CC1. The van der Waals surface area contributed by atoms with Crippen molar-refractivity contribution in [1.29, 1.82) is 0 Å². The van der Waals surface area contributed by atoms with Crippen LogP contribution in [0.4, 0.5) is 0 Å². The van der Waals surface area contributed by atoms with Crippen LogP contribution in [-0.4, -0.2) is 19.2 Å². The highest BCUT2D eigenvalue weighted by Gasteiger charge is 2.26. The maximum absolute atomic E-state index is 5.76. The van der Waals surface area contributed by atoms with E-state index >= 15 is 0 Å². The van der Waals surface area contributed by atoms with Gasteiger partial charge in [0.2, 0.25) is 0 Å². The molecule has 0 amide bonds. The van der Waals surface area contributed by atoms with Crippen LogP contribution >= 0.6 is 0 Å². The van der Waals surface area contributed by atoms with Crippen LogP contribution in [0.25, 0.3) is 0 Å². The van der Waals surface area contributed by atoms with Crippen molar-refractivity contribution in [3.63, 3.8) is 0 Å². The minimum absolute atomic E-state index is 0.419. The molecule has 0 bridgehead atoms. The summed E-state index contributed by atoms with van der Waals surface area (Å²) in [6.45, 7) is 6.67. The number of benzene rings is 1. The fraction of sp³-hybridized carbons (Fsp3) is 0.647. The van der Waals surface area contributed by atoms with Crippen LogP contribution < -0.4 is 10.1 Å². The zero-order valence-corrected chi connectivity index (χ0v) is 12.3. The summed E-state index contributed by atoms with van der Waals surface area (Å²) in [6, 6.07) is 10.9. The monoisotopic (exact) mass is 261 g/mol. The molecule has 1 unspecified atom stereocenters. The highest BCUT2D eigenvalue weighted by Crippen LogP contribution is 2.29. The Balaban J connectivity index is 1.64. The molecule has 2 nitrogen and oxygen atoms in total. The molecule has 0 spiro atoms. The van der Waals surface area contributed by atoms with E-state index in [1.165, 1.54) is 25.7 Å². The Bertz CT molecular complexity index is 361. The number of rotatable bonds is 9. The minimum Gasteiger partial charge on any atom is -0.494 e. The van der Waals surface area contributed by atoms with Crippen LogP contribution in [0.1, 0.15) is 46.0 Å². The van der Waals surface area contributed by atoms with Gasteiger partial charge in [-0.15, -0.1) is 0 Å². The molecule has 0 aliphatic heterocycles. The first-order valence-corrected chi connectivity index (χ1v) is 7.63. The van der Waals surface area contributed by atoms with E-state index < -0.39 is 0 Å². The molecule has 1 N–H and O–H groups in total. The molecule has 2 rings (SSSR count). The highest BCUT2D eigenvalue weighted by atomic mass is 16.5. The number of nitrogens with one attached hydrogen (secondary N) is 1. The summed E-state index contributed by atoms with van der Waals surface area (Å²) in [5.74, 6) is 0.983. The van der Waals surface area contributed by atoms with Gasteiger partial charge in [0.25, 0.3) is 0 Å². The second-order valence-corrected chi connectivity index (χ2v) is 6.08. The molecule has 1 aliphatic carbocycles. The Morgan fingerprint density at radius 3 is 2.63 bits per heavy atom. The lowest BCUT2D eigenvalue weighted by Gasteiger charge is -2.28. The van der Waals surface area contributed by atoms with Crippen molar-refractivity contribution in [3.05, 3.63) is 30.3 Å². The molecule has 0 saturated heterocycles. The van der Waals surface area contributed by atoms with Gasteiger partial charge in [-0.2, -0.15) is 0 Å². The van der Waals surface area contributed by atoms with Crippen molar-refractivity contribution in [1.82, 2.24) is 5.32 Å². The molecule has 1 aromatic rings. The fourth-order valence-corrected chi connectivity index (χ4v) is 2.27. The summed E-state index contributed by atoms with van der Waals surface area (Å²) < 4.78 is 5.76. The van der Waals surface area contributed by atoms with Crippen LogP contribution in [0.3, 0.4) is 0 Å². The second-order valence-electron chi connectivity index (χ2n) is 6.08. The Hall–Kier alpha value is -1.02. The molecule has 1 aromatic carbocycles. The van der Waals surface area contributed by atoms with E-state index in [1.807, 2.05) is 30.3 Å². The van der Waals surface area contributed by atoms with Gasteiger partial charge in [-0.25, -0.2) is 0 Å². The van der Waals surface area contributed by atoms with Gasteiger partial charge in [-0.3, -0.25) is 0 Å². The summed E-state index contributed by atoms with van der Waals surface area (Å²) in [5.41, 5.74) is 0.419. The van der Waals surface area contributed by atoms with Crippen molar-refractivity contribution in [3.8, 4) is 5.75 Å². The summed E-state index contributed by atoms with van der Waals surface area (Å²) in [4.78, 5) is 0. The predicted octanol–water partition coefficient (Wildman–Crippen LogP) is 4.01. The van der Waals surface area contributed by atoms with Gasteiger partial charge in [0.05, 0.1) is 6.61 Å². The first kappa shape index (κ1) is 14.4. The maximum atomic E-state index is 5.76. The lowest BCUT2D eigenvalue weighted by molar-refractivity contribution is 0.226. The molecule has 1 saturated carbocycles. The van der Waals surface area contributed by atoms with Crippen molar-refractivity contribution in [2.75, 3.05) is 13.2 Å². The van der Waals surface area contributed by atoms with Gasteiger partial charge in [-0.05, 0) is 49.7 Å². The molecule has 2 heteroatoms. The van der Waals surface area contributed by atoms with E-state index in [9.17, 15) is 0 Å². The Morgan fingerprint density at radius 2 is 2.00 bits per heavy atom. The Labute approximate surface area is 117 Å². The molecule has 1 aliphatic rings. The average Bonchev–Trinajstić information content (AvgIpc) is 3.27. The summed E-state index contributed by atoms with van der Waals surface area (Å²) >= 11 is 0. The number of hydrogen-bond acceptors (Lipinski definition) is 2. The van der Waals surface area contributed by atoms with E-state index in [0.717, 1.165) is 31.4 Å². The third kappa shape index (κ3) is 5.23. The Morgan fingerprint density at radius 1 is 1.26 bits per heavy atom. The van der Waals surface area contributed by atoms with Crippen molar-refractivity contribution >= 4 is 0 Å². The standard InChI is InChI=1S/C17H27NO/c1-3-17(2,14-18-15-10-11-15)12-7-13-19-16-8-5-4-6-9-16/h4-6,8-9,15,18H,3,7,10-14H2,1-2H3. The molecular formula is C17H27NO. The highest BCUT2D eigenvalue weighted by molar-refractivity contribution is 5.20. The largest absolute Gasteiger partial charge is 0.494 e. The third-order valence-electron chi connectivity index (χ3n) is 4.19. The maximum Gasteiger partial charge on any atom is 0.119 e. The van der Waals surface area contributed by atoms with Gasteiger partial charge in [0, 0.05) is 12.6 Å². The van der Waals surface area contributed by atoms with Gasteiger partial charge in [0.1, 0.15) is 5.75 Å². The quantitative estimate of drug-likeness (QED) is 0.678. The van der Waals surface area contributed by atoms with E-state index in [4.69, 9.17) is 4.74 Å². The third-order valence-corrected chi connectivity index (χ3v) is 4.19. The van der Waals surface area contributed by atoms with Gasteiger partial charge < -0.3 is 10.1 Å². The van der Waals surface area contributed by atoms with Crippen LogP contribution in [-0.2, 0) is 0 Å². The number of para-hydroxylation sites is 1. The first-order valence-electron chi connectivity index (χ1n) is 7.63. The molecular weight excluding hydrogens is 234 g/mol. The molecule has 19 heavy (non-hydrogen) atoms. The summed E-state index contributed by atoms with van der Waals surface area (Å²) in [6.07, 6.45) is 6.34. The molecule has 1 atom stereocenters. The van der Waals surface area contributed by atoms with Crippen LogP contribution in [0.5, 0.6) is 5.75 Å². The smallest absolute Gasteiger partial charge is 0.119 e. The van der Waals surface area contributed by atoms with Crippen molar-refractivity contribution in [2.45, 2.75) is 52.0 Å². The predicted molar refractivity (Wildman–Crippen MR) is 80.6 cm³/mol. The second kappa shape index (κ2) is 6.95. The van der Waals surface area contributed by atoms with Crippen LogP contribution in [0, 0.1) is 5.41 Å². The number of hydrogen-bond donors (Lipinski definition) is 1. The lowest BCUT2D eigenvalue weighted by atomic mass is 9.83. The van der Waals surface area contributed by atoms with E-state index in [0.29, 0.717) is 5.41 Å². The van der Waals surface area contributed by atoms with Gasteiger partial charge in [0.15, 0.2) is 0 Å². The first-order chi connectivity index (χ1) is 9.22. The van der Waals surface area contributed by atoms with Gasteiger partial charge >= 0.3 is 0 Å². The average molecular weight is 261 g/mol. The minimum atomic E-state index is 0.419. The summed E-state index contributed by atoms with van der Waals surface area (Å²) in [7, 11) is 0. The topological polar surface area (TPSA) is 21.3 Å². The van der Waals surface area contributed by atoms with Gasteiger partial charge in [-0.1, -0.05) is 32.0 Å². The molecule has 1 fully saturated rings. The molecule has 0 aromatic heterocycles. The summed E-state index contributed by atoms with van der Waals surface area (Å²) in [5, 5.41) is 3.67. The van der Waals surface area contributed by atoms with E-state index in [2.05, 4.69) is 19.2 Å². The molecule has 0 heterocycles. The zero-order chi connectivity index (χ0) is 13.6. The van der Waals surface area contributed by atoms with Crippen molar-refractivity contribution < 1.29 is 4.74 Å². The zero-order valence-electron chi connectivity index (χ0n) is 12.3.